The first-order chi connectivity index (χ1) is 13.1. The number of nitrogens with zero attached hydrogens (tertiary/aromatic N) is 2. The van der Waals surface area contributed by atoms with E-state index in [2.05, 4.69) is 5.32 Å². The quantitative estimate of drug-likeness (QED) is 0.857. The van der Waals surface area contributed by atoms with Crippen LogP contribution in [0.15, 0.2) is 24.3 Å². The maximum atomic E-state index is 13.9. The molecule has 2 saturated heterocycles. The van der Waals surface area contributed by atoms with Gasteiger partial charge in [-0.2, -0.15) is 0 Å². The van der Waals surface area contributed by atoms with E-state index in [0.717, 1.165) is 38.8 Å². The van der Waals surface area contributed by atoms with Gasteiger partial charge in [0, 0.05) is 39.0 Å². The third kappa shape index (κ3) is 4.84. The van der Waals surface area contributed by atoms with E-state index in [4.69, 9.17) is 0 Å². The van der Waals surface area contributed by atoms with Crippen molar-refractivity contribution < 1.29 is 18.8 Å². The van der Waals surface area contributed by atoms with Gasteiger partial charge in [-0.1, -0.05) is 25.0 Å². The normalized spacial score (nSPS) is 20.5. The molecule has 1 atom stereocenters. The lowest BCUT2D eigenvalue weighted by Crippen LogP contribution is -2.37. The molecular weight excluding hydrogens is 349 g/mol. The van der Waals surface area contributed by atoms with Gasteiger partial charge in [0.2, 0.25) is 17.7 Å². The molecule has 2 fully saturated rings. The van der Waals surface area contributed by atoms with Gasteiger partial charge in [-0.15, -0.1) is 0 Å². The van der Waals surface area contributed by atoms with Crippen molar-refractivity contribution >= 4 is 23.4 Å². The summed E-state index contributed by atoms with van der Waals surface area (Å²) < 4.78 is 13.9. The molecule has 0 saturated carbocycles. The second-order valence-corrected chi connectivity index (χ2v) is 7.19. The highest BCUT2D eigenvalue weighted by Gasteiger charge is 2.36. The lowest BCUT2D eigenvalue weighted by molar-refractivity contribution is -0.131. The van der Waals surface area contributed by atoms with Crippen LogP contribution in [-0.2, 0) is 14.4 Å². The van der Waals surface area contributed by atoms with Crippen molar-refractivity contribution in [2.45, 2.75) is 38.5 Å². The molecule has 146 valence electrons. The molecule has 6 nitrogen and oxygen atoms in total. The molecule has 0 aliphatic carbocycles. The van der Waals surface area contributed by atoms with Crippen molar-refractivity contribution in [1.29, 1.82) is 0 Å². The van der Waals surface area contributed by atoms with Crippen LogP contribution in [0.3, 0.4) is 0 Å². The molecular formula is C20H26FN3O3. The van der Waals surface area contributed by atoms with Gasteiger partial charge in [-0.3, -0.25) is 14.4 Å². The van der Waals surface area contributed by atoms with Crippen LogP contribution >= 0.6 is 0 Å². The number of likely N-dealkylation sites (tertiary alicyclic amines) is 1. The minimum atomic E-state index is -0.523. The fourth-order valence-corrected chi connectivity index (χ4v) is 3.70. The van der Waals surface area contributed by atoms with Gasteiger partial charge in [-0.25, -0.2) is 4.39 Å². The first-order valence-corrected chi connectivity index (χ1v) is 9.66. The molecule has 7 heteroatoms. The number of para-hydroxylation sites is 1. The third-order valence-corrected chi connectivity index (χ3v) is 5.24. The summed E-state index contributed by atoms with van der Waals surface area (Å²) in [6.07, 6.45) is 4.72. The summed E-state index contributed by atoms with van der Waals surface area (Å²) >= 11 is 0. The minimum Gasteiger partial charge on any atom is -0.355 e. The maximum absolute atomic E-state index is 13.9. The summed E-state index contributed by atoms with van der Waals surface area (Å²) in [5.74, 6) is -1.46. The van der Waals surface area contributed by atoms with E-state index in [9.17, 15) is 18.8 Å². The summed E-state index contributed by atoms with van der Waals surface area (Å²) in [6.45, 7) is 2.01. The Morgan fingerprint density at radius 1 is 1.11 bits per heavy atom. The van der Waals surface area contributed by atoms with Gasteiger partial charge in [0.25, 0.3) is 0 Å². The largest absolute Gasteiger partial charge is 0.355 e. The van der Waals surface area contributed by atoms with Gasteiger partial charge in [-0.05, 0) is 25.0 Å². The minimum absolute atomic E-state index is 0.0558. The standard InChI is InChI=1S/C20H26FN3O3/c21-16-7-3-4-8-17(16)24-14-15(13-19(24)26)20(27)22-10-9-18(25)23-11-5-1-2-6-12-23/h3-4,7-8,15H,1-2,5-6,9-14H2,(H,22,27). The van der Waals surface area contributed by atoms with E-state index < -0.39 is 11.7 Å². The molecule has 3 amide bonds. The van der Waals surface area contributed by atoms with Gasteiger partial charge >= 0.3 is 0 Å². The van der Waals surface area contributed by atoms with Crippen LogP contribution in [-0.4, -0.2) is 48.8 Å². The predicted molar refractivity (Wildman–Crippen MR) is 99.5 cm³/mol. The number of nitrogens with one attached hydrogen (secondary N) is 1. The average Bonchev–Trinajstić information content (AvgIpc) is 2.86. The molecule has 2 aliphatic rings. The Labute approximate surface area is 158 Å². The van der Waals surface area contributed by atoms with Gasteiger partial charge in [0.15, 0.2) is 0 Å². The smallest absolute Gasteiger partial charge is 0.227 e. The van der Waals surface area contributed by atoms with E-state index >= 15 is 0 Å². The highest BCUT2D eigenvalue weighted by molar-refractivity contribution is 6.00. The lowest BCUT2D eigenvalue weighted by Gasteiger charge is -2.20. The Kier molecular flexibility index (Phi) is 6.42. The molecule has 1 aromatic rings. The zero-order chi connectivity index (χ0) is 19.2. The highest BCUT2D eigenvalue weighted by Crippen LogP contribution is 2.27. The van der Waals surface area contributed by atoms with E-state index in [0.29, 0.717) is 0 Å². The molecule has 27 heavy (non-hydrogen) atoms. The van der Waals surface area contributed by atoms with Crippen LogP contribution < -0.4 is 10.2 Å². The fourth-order valence-electron chi connectivity index (χ4n) is 3.70. The van der Waals surface area contributed by atoms with Gasteiger partial charge < -0.3 is 15.1 Å². The van der Waals surface area contributed by atoms with Crippen molar-refractivity contribution in [3.63, 3.8) is 0 Å². The number of hydrogen-bond acceptors (Lipinski definition) is 3. The molecule has 1 unspecified atom stereocenters. The van der Waals surface area contributed by atoms with Crippen molar-refractivity contribution in [3.05, 3.63) is 30.1 Å². The van der Waals surface area contributed by atoms with Gasteiger partial charge in [0.05, 0.1) is 11.6 Å². The maximum Gasteiger partial charge on any atom is 0.227 e. The first kappa shape index (κ1) is 19.3. The summed E-state index contributed by atoms with van der Waals surface area (Å²) in [5.41, 5.74) is 0.203. The van der Waals surface area contributed by atoms with E-state index in [1.54, 1.807) is 12.1 Å². The Morgan fingerprint density at radius 2 is 1.81 bits per heavy atom. The van der Waals surface area contributed by atoms with Crippen LogP contribution in [0.4, 0.5) is 10.1 Å². The van der Waals surface area contributed by atoms with E-state index in [1.165, 1.54) is 17.0 Å². The molecule has 1 N–H and O–H groups in total. The Morgan fingerprint density at radius 3 is 2.52 bits per heavy atom. The van der Waals surface area contributed by atoms with Crippen molar-refractivity contribution in [3.8, 4) is 0 Å². The van der Waals surface area contributed by atoms with Crippen LogP contribution in [0.5, 0.6) is 0 Å². The second-order valence-electron chi connectivity index (χ2n) is 7.19. The lowest BCUT2D eigenvalue weighted by atomic mass is 10.1. The van der Waals surface area contributed by atoms with Crippen LogP contribution in [0.1, 0.15) is 38.5 Å². The number of halogens is 1. The predicted octanol–water partition coefficient (Wildman–Crippen LogP) is 2.09. The van der Waals surface area contributed by atoms with Crippen molar-refractivity contribution in [1.82, 2.24) is 10.2 Å². The van der Waals surface area contributed by atoms with Crippen LogP contribution in [0.2, 0.25) is 0 Å². The molecule has 1 aromatic carbocycles. The Bertz CT molecular complexity index is 701. The highest BCUT2D eigenvalue weighted by atomic mass is 19.1. The van der Waals surface area contributed by atoms with Crippen molar-refractivity contribution in [2.24, 2.45) is 5.92 Å². The zero-order valence-corrected chi connectivity index (χ0v) is 15.5. The molecule has 2 heterocycles. The van der Waals surface area contributed by atoms with Crippen LogP contribution in [0.25, 0.3) is 0 Å². The zero-order valence-electron chi connectivity index (χ0n) is 15.5. The second kappa shape index (κ2) is 8.97. The number of amides is 3. The average molecular weight is 375 g/mol. The van der Waals surface area contributed by atoms with Gasteiger partial charge in [0.1, 0.15) is 5.82 Å². The Hall–Kier alpha value is -2.44. The van der Waals surface area contributed by atoms with Crippen LogP contribution in [0, 0.1) is 11.7 Å². The number of rotatable bonds is 5. The number of carbonyl (C=O) groups is 3. The summed E-state index contributed by atoms with van der Waals surface area (Å²) in [6, 6.07) is 6.05. The van der Waals surface area contributed by atoms with E-state index in [-0.39, 0.29) is 49.3 Å². The fraction of sp³-hybridized carbons (Fsp3) is 0.550. The van der Waals surface area contributed by atoms with E-state index in [1.807, 2.05) is 4.90 Å². The molecule has 0 spiro atoms. The summed E-state index contributed by atoms with van der Waals surface area (Å²) in [4.78, 5) is 40.0. The Balaban J connectivity index is 1.47. The molecule has 0 aromatic heterocycles. The summed E-state index contributed by atoms with van der Waals surface area (Å²) in [5, 5.41) is 2.76. The number of carbonyl (C=O) groups excluding carboxylic acids is 3. The molecule has 0 radical (unpaired) electrons. The number of benzene rings is 1. The third-order valence-electron chi connectivity index (χ3n) is 5.24. The number of anilines is 1. The topological polar surface area (TPSA) is 69.7 Å². The molecule has 3 rings (SSSR count). The SMILES string of the molecule is O=C(NCCC(=O)N1CCCCCC1)C1CC(=O)N(c2ccccc2F)C1. The summed E-state index contributed by atoms with van der Waals surface area (Å²) in [7, 11) is 0. The molecule has 2 aliphatic heterocycles. The monoisotopic (exact) mass is 375 g/mol. The molecule has 0 bridgehead atoms. The van der Waals surface area contributed by atoms with Crippen molar-refractivity contribution in [2.75, 3.05) is 31.1 Å². The number of hydrogen-bond donors (Lipinski definition) is 1. The first-order valence-electron chi connectivity index (χ1n) is 9.66.